The van der Waals surface area contributed by atoms with Gasteiger partial charge in [-0.15, -0.1) is 0 Å². The molecule has 0 aromatic carbocycles. The molecule has 1 heterocycles. The second kappa shape index (κ2) is 4.97. The van der Waals surface area contributed by atoms with Gasteiger partial charge in [0.05, 0.1) is 5.84 Å². The molecule has 1 rings (SSSR count). The number of nitrogens with two attached hydrogens (primary N) is 1. The number of likely N-dealkylation sites (tertiary alicyclic amines) is 1. The summed E-state index contributed by atoms with van der Waals surface area (Å²) >= 11 is 0. The number of hydrogen-bond donors (Lipinski definition) is 1. The molecular weight excluding hydrogens is 186 g/mol. The Labute approximate surface area is 93.7 Å². The quantitative estimate of drug-likeness (QED) is 0.570. The van der Waals surface area contributed by atoms with Gasteiger partial charge in [-0.05, 0) is 38.4 Å². The Kier molecular flexibility index (Phi) is 4.14. The number of piperidine rings is 1. The lowest BCUT2D eigenvalue weighted by molar-refractivity contribution is 0.147. The van der Waals surface area contributed by atoms with Crippen LogP contribution in [0.25, 0.3) is 0 Å². The van der Waals surface area contributed by atoms with Crippen LogP contribution in [-0.4, -0.2) is 37.4 Å². The monoisotopic (exact) mass is 211 g/mol. The fourth-order valence-corrected chi connectivity index (χ4v) is 1.78. The SMILES string of the molecule is CC(C)C(N)=NCC1(C)CCN(C)CC1. The summed E-state index contributed by atoms with van der Waals surface area (Å²) in [6.07, 6.45) is 2.47. The number of nitrogens with zero attached hydrogens (tertiary/aromatic N) is 2. The third-order valence-electron chi connectivity index (χ3n) is 3.43. The molecule has 0 aliphatic carbocycles. The molecule has 3 heteroatoms. The number of aliphatic imine (C=N–C) groups is 1. The third-order valence-corrected chi connectivity index (χ3v) is 3.43. The summed E-state index contributed by atoms with van der Waals surface area (Å²) < 4.78 is 0. The van der Waals surface area contributed by atoms with Crippen molar-refractivity contribution in [3.63, 3.8) is 0 Å². The van der Waals surface area contributed by atoms with Crippen LogP contribution < -0.4 is 5.73 Å². The molecule has 3 nitrogen and oxygen atoms in total. The Bertz CT molecular complexity index is 225. The maximum atomic E-state index is 5.86. The average Bonchev–Trinajstić information content (AvgIpc) is 2.19. The van der Waals surface area contributed by atoms with E-state index in [1.165, 1.54) is 25.9 Å². The van der Waals surface area contributed by atoms with Crippen molar-refractivity contribution in [2.24, 2.45) is 22.1 Å². The highest BCUT2D eigenvalue weighted by atomic mass is 15.1. The molecule has 1 saturated heterocycles. The van der Waals surface area contributed by atoms with Gasteiger partial charge in [-0.25, -0.2) is 0 Å². The molecule has 0 aromatic heterocycles. The van der Waals surface area contributed by atoms with Gasteiger partial charge in [0.25, 0.3) is 0 Å². The first-order valence-corrected chi connectivity index (χ1v) is 5.91. The molecule has 88 valence electrons. The summed E-state index contributed by atoms with van der Waals surface area (Å²) in [6.45, 7) is 9.79. The Morgan fingerprint density at radius 3 is 2.40 bits per heavy atom. The van der Waals surface area contributed by atoms with E-state index in [4.69, 9.17) is 5.73 Å². The average molecular weight is 211 g/mol. The fraction of sp³-hybridized carbons (Fsp3) is 0.917. The highest BCUT2D eigenvalue weighted by molar-refractivity contribution is 5.82. The molecule has 0 atom stereocenters. The number of amidine groups is 1. The molecule has 0 spiro atoms. The second-order valence-corrected chi connectivity index (χ2v) is 5.51. The molecule has 0 amide bonds. The maximum Gasteiger partial charge on any atom is 0.0963 e. The zero-order valence-corrected chi connectivity index (χ0v) is 10.6. The predicted octanol–water partition coefficient (Wildman–Crippen LogP) is 1.73. The minimum atomic E-state index is 0.367. The first kappa shape index (κ1) is 12.5. The van der Waals surface area contributed by atoms with Crippen LogP contribution in [0.3, 0.4) is 0 Å². The first-order valence-electron chi connectivity index (χ1n) is 5.91. The van der Waals surface area contributed by atoms with Gasteiger partial charge in [-0.2, -0.15) is 0 Å². The second-order valence-electron chi connectivity index (χ2n) is 5.51. The van der Waals surface area contributed by atoms with Crippen molar-refractivity contribution >= 4 is 5.84 Å². The largest absolute Gasteiger partial charge is 0.387 e. The summed E-state index contributed by atoms with van der Waals surface area (Å²) in [6, 6.07) is 0. The molecule has 0 aromatic rings. The maximum absolute atomic E-state index is 5.86. The van der Waals surface area contributed by atoms with Crippen molar-refractivity contribution in [2.45, 2.75) is 33.6 Å². The summed E-state index contributed by atoms with van der Waals surface area (Å²) in [5, 5.41) is 0. The van der Waals surface area contributed by atoms with E-state index in [0.717, 1.165) is 12.4 Å². The topological polar surface area (TPSA) is 41.6 Å². The van der Waals surface area contributed by atoms with E-state index in [1.807, 2.05) is 0 Å². The smallest absolute Gasteiger partial charge is 0.0963 e. The zero-order chi connectivity index (χ0) is 11.5. The van der Waals surface area contributed by atoms with Crippen molar-refractivity contribution in [3.8, 4) is 0 Å². The summed E-state index contributed by atoms with van der Waals surface area (Å²) in [4.78, 5) is 6.91. The molecule has 0 saturated carbocycles. The van der Waals surface area contributed by atoms with Crippen LogP contribution in [-0.2, 0) is 0 Å². The Hall–Kier alpha value is -0.570. The third kappa shape index (κ3) is 3.82. The van der Waals surface area contributed by atoms with Crippen LogP contribution in [0, 0.1) is 11.3 Å². The van der Waals surface area contributed by atoms with E-state index in [2.05, 4.69) is 37.7 Å². The Balaban J connectivity index is 2.47. The molecule has 15 heavy (non-hydrogen) atoms. The highest BCUT2D eigenvalue weighted by Gasteiger charge is 2.28. The first-order chi connectivity index (χ1) is 6.93. The van der Waals surface area contributed by atoms with E-state index in [9.17, 15) is 0 Å². The molecule has 1 aliphatic rings. The van der Waals surface area contributed by atoms with E-state index in [0.29, 0.717) is 11.3 Å². The van der Waals surface area contributed by atoms with Crippen LogP contribution in [0.15, 0.2) is 4.99 Å². The van der Waals surface area contributed by atoms with Gasteiger partial charge in [0, 0.05) is 12.5 Å². The molecule has 1 aliphatic heterocycles. The molecule has 1 fully saturated rings. The van der Waals surface area contributed by atoms with Crippen LogP contribution in [0.1, 0.15) is 33.6 Å². The van der Waals surface area contributed by atoms with E-state index in [1.54, 1.807) is 0 Å². The van der Waals surface area contributed by atoms with Crippen LogP contribution >= 0.6 is 0 Å². The lowest BCUT2D eigenvalue weighted by Gasteiger charge is -2.36. The Morgan fingerprint density at radius 2 is 1.93 bits per heavy atom. The van der Waals surface area contributed by atoms with Gasteiger partial charge in [0.2, 0.25) is 0 Å². The van der Waals surface area contributed by atoms with Crippen molar-refractivity contribution in [1.29, 1.82) is 0 Å². The predicted molar refractivity (Wildman–Crippen MR) is 66.2 cm³/mol. The van der Waals surface area contributed by atoms with Crippen molar-refractivity contribution in [2.75, 3.05) is 26.7 Å². The standard InChI is InChI=1S/C12H25N3/c1-10(2)11(13)14-9-12(3)5-7-15(4)8-6-12/h10H,5-9H2,1-4H3,(H2,13,14). The minimum Gasteiger partial charge on any atom is -0.387 e. The van der Waals surface area contributed by atoms with E-state index >= 15 is 0 Å². The lowest BCUT2D eigenvalue weighted by atomic mass is 9.80. The lowest BCUT2D eigenvalue weighted by Crippen LogP contribution is -2.38. The van der Waals surface area contributed by atoms with Gasteiger partial charge in [0.15, 0.2) is 0 Å². The van der Waals surface area contributed by atoms with E-state index < -0.39 is 0 Å². The van der Waals surface area contributed by atoms with Gasteiger partial charge >= 0.3 is 0 Å². The van der Waals surface area contributed by atoms with Crippen LogP contribution in [0.5, 0.6) is 0 Å². The van der Waals surface area contributed by atoms with E-state index in [-0.39, 0.29) is 0 Å². The summed E-state index contributed by atoms with van der Waals surface area (Å²) in [5.74, 6) is 1.18. The number of rotatable bonds is 3. The van der Waals surface area contributed by atoms with Crippen molar-refractivity contribution in [3.05, 3.63) is 0 Å². The zero-order valence-electron chi connectivity index (χ0n) is 10.6. The summed E-state index contributed by atoms with van der Waals surface area (Å²) in [7, 11) is 2.19. The minimum absolute atomic E-state index is 0.367. The van der Waals surface area contributed by atoms with Crippen molar-refractivity contribution < 1.29 is 0 Å². The van der Waals surface area contributed by atoms with Gasteiger partial charge < -0.3 is 10.6 Å². The van der Waals surface area contributed by atoms with Gasteiger partial charge in [-0.3, -0.25) is 4.99 Å². The highest BCUT2D eigenvalue weighted by Crippen LogP contribution is 2.30. The van der Waals surface area contributed by atoms with Crippen LogP contribution in [0.4, 0.5) is 0 Å². The van der Waals surface area contributed by atoms with Gasteiger partial charge in [-0.1, -0.05) is 20.8 Å². The normalized spacial score (nSPS) is 23.4. The van der Waals surface area contributed by atoms with Crippen molar-refractivity contribution in [1.82, 2.24) is 4.90 Å². The fourth-order valence-electron chi connectivity index (χ4n) is 1.78. The summed E-state index contributed by atoms with van der Waals surface area (Å²) in [5.41, 5.74) is 6.23. The molecule has 0 bridgehead atoms. The molecule has 0 radical (unpaired) electrons. The van der Waals surface area contributed by atoms with Crippen LogP contribution in [0.2, 0.25) is 0 Å². The molecule has 0 unspecified atom stereocenters. The van der Waals surface area contributed by atoms with Gasteiger partial charge in [0.1, 0.15) is 0 Å². The number of hydrogen-bond acceptors (Lipinski definition) is 2. The Morgan fingerprint density at radius 1 is 1.40 bits per heavy atom. The molecule has 2 N–H and O–H groups in total. The molecular formula is C12H25N3.